The summed E-state index contributed by atoms with van der Waals surface area (Å²) in [6.07, 6.45) is -4.39. The summed E-state index contributed by atoms with van der Waals surface area (Å²) in [7, 11) is 0. The summed E-state index contributed by atoms with van der Waals surface area (Å²) in [6, 6.07) is 0. The van der Waals surface area contributed by atoms with Crippen LogP contribution in [0, 0.1) is 5.92 Å². The zero-order chi connectivity index (χ0) is 9.78. The maximum atomic E-state index is 11.4. The first-order chi connectivity index (χ1) is 5.33. The number of carbonyl (C=O) groups is 1. The number of ether oxygens (including phenoxy) is 1. The van der Waals surface area contributed by atoms with Crippen LogP contribution in [-0.4, -0.2) is 30.5 Å². The second kappa shape index (κ2) is 4.30. The molecule has 0 aromatic carbocycles. The third-order valence-corrected chi connectivity index (χ3v) is 1.06. The molecule has 0 aliphatic heterocycles. The van der Waals surface area contributed by atoms with E-state index in [1.165, 1.54) is 6.92 Å². The first-order valence-corrected chi connectivity index (χ1v) is 3.20. The number of alkyl halides is 3. The quantitative estimate of drug-likeness (QED) is 0.719. The van der Waals surface area contributed by atoms with Gasteiger partial charge in [0.25, 0.3) is 0 Å². The van der Waals surface area contributed by atoms with Gasteiger partial charge in [0.1, 0.15) is 6.61 Å². The van der Waals surface area contributed by atoms with Crippen molar-refractivity contribution in [3.8, 4) is 0 Å². The Hall–Kier alpha value is -0.780. The first-order valence-electron chi connectivity index (χ1n) is 3.20. The molecule has 0 aromatic rings. The third-order valence-electron chi connectivity index (χ3n) is 1.06. The number of aliphatic carboxylic acids is 1. The van der Waals surface area contributed by atoms with E-state index in [0.717, 1.165) is 0 Å². The normalized spacial score (nSPS) is 14.3. The summed E-state index contributed by atoms with van der Waals surface area (Å²) < 4.78 is 38.4. The molecule has 1 unspecified atom stereocenters. The van der Waals surface area contributed by atoms with Crippen molar-refractivity contribution in [3.63, 3.8) is 0 Å². The van der Waals surface area contributed by atoms with Crippen LogP contribution >= 0.6 is 0 Å². The number of hydrogen-bond donors (Lipinski definition) is 1. The van der Waals surface area contributed by atoms with Gasteiger partial charge in [0.15, 0.2) is 0 Å². The molecule has 0 saturated carbocycles. The number of hydrogen-bond acceptors (Lipinski definition) is 2. The molecule has 1 N–H and O–H groups in total. The fourth-order valence-corrected chi connectivity index (χ4v) is 0.423. The first kappa shape index (κ1) is 11.2. The average molecular weight is 186 g/mol. The summed E-state index contributed by atoms with van der Waals surface area (Å²) in [5.74, 6) is -2.08. The average Bonchev–Trinajstić information content (AvgIpc) is 1.84. The summed E-state index contributed by atoms with van der Waals surface area (Å²) in [5.41, 5.74) is 0. The van der Waals surface area contributed by atoms with Crippen LogP contribution in [-0.2, 0) is 9.53 Å². The highest BCUT2D eigenvalue weighted by molar-refractivity contribution is 5.69. The van der Waals surface area contributed by atoms with Crippen LogP contribution in [0.2, 0.25) is 0 Å². The van der Waals surface area contributed by atoms with Gasteiger partial charge in [-0.3, -0.25) is 4.79 Å². The lowest BCUT2D eigenvalue weighted by Gasteiger charge is -2.09. The van der Waals surface area contributed by atoms with Gasteiger partial charge in [-0.05, 0) is 6.92 Å². The summed E-state index contributed by atoms with van der Waals surface area (Å²) >= 11 is 0. The minimum atomic E-state index is -4.39. The van der Waals surface area contributed by atoms with E-state index in [4.69, 9.17) is 5.11 Å². The minimum Gasteiger partial charge on any atom is -0.481 e. The lowest BCUT2D eigenvalue weighted by atomic mass is 10.2. The van der Waals surface area contributed by atoms with Crippen molar-refractivity contribution in [1.29, 1.82) is 0 Å². The smallest absolute Gasteiger partial charge is 0.411 e. The topological polar surface area (TPSA) is 46.5 Å². The second-order valence-corrected chi connectivity index (χ2v) is 2.37. The van der Waals surface area contributed by atoms with Crippen LogP contribution in [0.15, 0.2) is 0 Å². The number of halogens is 3. The molecule has 0 aromatic heterocycles. The molecule has 0 radical (unpaired) electrons. The number of carboxylic acid groups (broad SMARTS) is 1. The van der Waals surface area contributed by atoms with Crippen LogP contribution in [0.3, 0.4) is 0 Å². The van der Waals surface area contributed by atoms with Crippen LogP contribution in [0.25, 0.3) is 0 Å². The van der Waals surface area contributed by atoms with Crippen molar-refractivity contribution < 1.29 is 27.8 Å². The van der Waals surface area contributed by atoms with E-state index < -0.39 is 31.3 Å². The van der Waals surface area contributed by atoms with Gasteiger partial charge < -0.3 is 9.84 Å². The molecule has 0 aliphatic carbocycles. The fraction of sp³-hybridized carbons (Fsp3) is 0.833. The molecule has 0 bridgehead atoms. The Morgan fingerprint density at radius 1 is 1.58 bits per heavy atom. The highest BCUT2D eigenvalue weighted by Crippen LogP contribution is 2.14. The molecule has 72 valence electrons. The number of rotatable bonds is 4. The molecule has 3 nitrogen and oxygen atoms in total. The van der Waals surface area contributed by atoms with Gasteiger partial charge in [-0.15, -0.1) is 0 Å². The SMILES string of the molecule is CC(COCC(F)(F)F)C(=O)O. The summed E-state index contributed by atoms with van der Waals surface area (Å²) in [6.45, 7) is -0.543. The number of carboxylic acids is 1. The Balaban J connectivity index is 3.51. The standard InChI is InChI=1S/C6H9F3O3/c1-4(5(10)11)2-12-3-6(7,8)9/h4H,2-3H2,1H3,(H,10,11). The highest BCUT2D eigenvalue weighted by atomic mass is 19.4. The van der Waals surface area contributed by atoms with Gasteiger partial charge in [0.05, 0.1) is 12.5 Å². The Morgan fingerprint density at radius 2 is 2.08 bits per heavy atom. The van der Waals surface area contributed by atoms with Gasteiger partial charge in [-0.25, -0.2) is 0 Å². The molecule has 0 aliphatic rings. The van der Waals surface area contributed by atoms with Crippen LogP contribution in [0.5, 0.6) is 0 Å². The van der Waals surface area contributed by atoms with Crippen LogP contribution in [0.4, 0.5) is 13.2 Å². The second-order valence-electron chi connectivity index (χ2n) is 2.37. The zero-order valence-corrected chi connectivity index (χ0v) is 6.39. The molecule has 6 heteroatoms. The van der Waals surface area contributed by atoms with E-state index in [1.807, 2.05) is 0 Å². The lowest BCUT2D eigenvalue weighted by Crippen LogP contribution is -2.22. The van der Waals surface area contributed by atoms with E-state index in [-0.39, 0.29) is 0 Å². The predicted molar refractivity (Wildman–Crippen MR) is 33.7 cm³/mol. The Kier molecular flexibility index (Phi) is 4.02. The summed E-state index contributed by atoms with van der Waals surface area (Å²) in [4.78, 5) is 10.1. The predicted octanol–water partition coefficient (Wildman–Crippen LogP) is 1.29. The molecule has 0 rings (SSSR count). The molecule has 0 heterocycles. The van der Waals surface area contributed by atoms with Crippen molar-refractivity contribution in [2.45, 2.75) is 13.1 Å². The van der Waals surface area contributed by atoms with Gasteiger partial charge in [0, 0.05) is 0 Å². The maximum Gasteiger partial charge on any atom is 0.411 e. The van der Waals surface area contributed by atoms with E-state index in [9.17, 15) is 18.0 Å². The van der Waals surface area contributed by atoms with Crippen molar-refractivity contribution >= 4 is 5.97 Å². The van der Waals surface area contributed by atoms with Gasteiger partial charge in [-0.2, -0.15) is 13.2 Å². The Labute approximate surface area is 67.1 Å². The molecule has 0 amide bonds. The fourth-order valence-electron chi connectivity index (χ4n) is 0.423. The van der Waals surface area contributed by atoms with Gasteiger partial charge in [0.2, 0.25) is 0 Å². The lowest BCUT2D eigenvalue weighted by molar-refractivity contribution is -0.179. The van der Waals surface area contributed by atoms with Crippen molar-refractivity contribution in [2.24, 2.45) is 5.92 Å². The Bertz CT molecular complexity index is 155. The van der Waals surface area contributed by atoms with Gasteiger partial charge >= 0.3 is 12.1 Å². The van der Waals surface area contributed by atoms with Crippen molar-refractivity contribution in [3.05, 3.63) is 0 Å². The van der Waals surface area contributed by atoms with E-state index in [1.54, 1.807) is 0 Å². The molecule has 1 atom stereocenters. The molecular weight excluding hydrogens is 177 g/mol. The molecule has 0 saturated heterocycles. The summed E-state index contributed by atoms with van der Waals surface area (Å²) in [5, 5.41) is 8.25. The largest absolute Gasteiger partial charge is 0.481 e. The van der Waals surface area contributed by atoms with Crippen LogP contribution in [0.1, 0.15) is 6.92 Å². The monoisotopic (exact) mass is 186 g/mol. The van der Waals surface area contributed by atoms with Crippen molar-refractivity contribution in [1.82, 2.24) is 0 Å². The van der Waals surface area contributed by atoms with Crippen molar-refractivity contribution in [2.75, 3.05) is 13.2 Å². The van der Waals surface area contributed by atoms with Gasteiger partial charge in [-0.1, -0.05) is 0 Å². The van der Waals surface area contributed by atoms with E-state index in [2.05, 4.69) is 4.74 Å². The highest BCUT2D eigenvalue weighted by Gasteiger charge is 2.28. The molecular formula is C6H9F3O3. The molecule has 0 spiro atoms. The van der Waals surface area contributed by atoms with E-state index >= 15 is 0 Å². The third kappa shape index (κ3) is 5.96. The molecule has 12 heavy (non-hydrogen) atoms. The van der Waals surface area contributed by atoms with Crippen LogP contribution < -0.4 is 0 Å². The molecule has 0 fully saturated rings. The van der Waals surface area contributed by atoms with E-state index in [0.29, 0.717) is 0 Å². The maximum absolute atomic E-state index is 11.4. The Morgan fingerprint density at radius 3 is 2.42 bits per heavy atom. The zero-order valence-electron chi connectivity index (χ0n) is 6.39. The minimum absolute atomic E-state index is 0.422.